The van der Waals surface area contributed by atoms with Crippen LogP contribution >= 0.6 is 11.5 Å². The molecule has 1 N–H and O–H groups in total. The number of carbonyl (C=O) groups excluding carboxylic acids is 1. The Morgan fingerprint density at radius 2 is 2.47 bits per heavy atom. The first-order valence-electron chi connectivity index (χ1n) is 4.60. The quantitative estimate of drug-likeness (QED) is 0.754. The van der Waals surface area contributed by atoms with Crippen LogP contribution in [0.15, 0.2) is 6.07 Å². The van der Waals surface area contributed by atoms with Gasteiger partial charge in [0.2, 0.25) is 0 Å². The molecule has 5 nitrogen and oxygen atoms in total. The second kappa shape index (κ2) is 5.79. The van der Waals surface area contributed by atoms with Crippen LogP contribution in [0.4, 0.5) is 0 Å². The molecule has 0 fully saturated rings. The van der Waals surface area contributed by atoms with E-state index in [-0.39, 0.29) is 5.91 Å². The second-order valence-electron chi connectivity index (χ2n) is 3.11. The predicted octanol–water partition coefficient (Wildman–Crippen LogP) is 0.675. The van der Waals surface area contributed by atoms with Gasteiger partial charge >= 0.3 is 0 Å². The number of nitrogens with zero attached hydrogens (tertiary/aromatic N) is 2. The fourth-order valence-corrected chi connectivity index (χ4v) is 1.52. The summed E-state index contributed by atoms with van der Waals surface area (Å²) in [6, 6.07) is 1.78. The monoisotopic (exact) mass is 229 g/mol. The fourth-order valence-electron chi connectivity index (χ4n) is 0.982. The number of hydroxylamine groups is 2. The van der Waals surface area contributed by atoms with Gasteiger partial charge in [-0.15, -0.1) is 0 Å². The maximum Gasteiger partial charge on any atom is 0.271 e. The first kappa shape index (κ1) is 12.1. The molecule has 1 rings (SSSR count). The Labute approximate surface area is 93.2 Å². The summed E-state index contributed by atoms with van der Waals surface area (Å²) in [6.07, 6.45) is 0. The number of hydrogen-bond acceptors (Lipinski definition) is 5. The molecule has 84 valence electrons. The van der Waals surface area contributed by atoms with Gasteiger partial charge < -0.3 is 10.2 Å². The van der Waals surface area contributed by atoms with E-state index in [4.69, 9.17) is 4.84 Å². The number of nitrogens with one attached hydrogen (secondary N) is 1. The molecule has 0 aliphatic carbocycles. The van der Waals surface area contributed by atoms with Crippen LogP contribution in [0, 0.1) is 6.92 Å². The highest BCUT2D eigenvalue weighted by Gasteiger charge is 2.08. The van der Waals surface area contributed by atoms with Gasteiger partial charge in [0.25, 0.3) is 5.91 Å². The van der Waals surface area contributed by atoms with Gasteiger partial charge in [0.05, 0.1) is 7.11 Å². The summed E-state index contributed by atoms with van der Waals surface area (Å²) in [6.45, 7) is 3.11. The summed E-state index contributed by atoms with van der Waals surface area (Å²) >= 11 is 1.33. The molecule has 0 aliphatic rings. The van der Waals surface area contributed by atoms with Gasteiger partial charge in [0.1, 0.15) is 5.69 Å². The molecule has 0 spiro atoms. The van der Waals surface area contributed by atoms with Crippen molar-refractivity contribution in [3.63, 3.8) is 0 Å². The number of aryl methyl sites for hydroxylation is 1. The van der Waals surface area contributed by atoms with E-state index in [9.17, 15) is 4.79 Å². The molecule has 0 aromatic carbocycles. The van der Waals surface area contributed by atoms with Crippen LogP contribution < -0.4 is 5.32 Å². The highest BCUT2D eigenvalue weighted by atomic mass is 32.1. The maximum absolute atomic E-state index is 11.5. The van der Waals surface area contributed by atoms with Gasteiger partial charge in [-0.05, 0) is 24.5 Å². The number of rotatable bonds is 5. The number of hydrogen-bond donors (Lipinski definition) is 1. The van der Waals surface area contributed by atoms with Gasteiger partial charge in [-0.1, -0.05) is 0 Å². The number of amides is 1. The fraction of sp³-hybridized carbons (Fsp3) is 0.556. The number of carbonyl (C=O) groups is 1. The van der Waals surface area contributed by atoms with Gasteiger partial charge in [0, 0.05) is 25.0 Å². The van der Waals surface area contributed by atoms with Crippen LogP contribution in [0.25, 0.3) is 0 Å². The Morgan fingerprint density at radius 3 is 3.00 bits per heavy atom. The Kier molecular flexibility index (Phi) is 4.67. The van der Waals surface area contributed by atoms with Crippen molar-refractivity contribution in [3.8, 4) is 0 Å². The molecule has 1 aromatic heterocycles. The average molecular weight is 229 g/mol. The van der Waals surface area contributed by atoms with Crippen LogP contribution in [-0.4, -0.2) is 42.6 Å². The smallest absolute Gasteiger partial charge is 0.271 e. The zero-order valence-electron chi connectivity index (χ0n) is 9.11. The molecule has 0 saturated carbocycles. The minimum absolute atomic E-state index is 0.135. The molecule has 1 heterocycles. The highest BCUT2D eigenvalue weighted by molar-refractivity contribution is 7.05. The van der Waals surface area contributed by atoms with Crippen LogP contribution in [0.2, 0.25) is 0 Å². The van der Waals surface area contributed by atoms with Crippen molar-refractivity contribution in [2.24, 2.45) is 0 Å². The first-order chi connectivity index (χ1) is 7.13. The number of likely N-dealkylation sites (N-methyl/N-ethyl adjacent to an activating group) is 1. The van der Waals surface area contributed by atoms with Crippen LogP contribution in [-0.2, 0) is 4.84 Å². The highest BCUT2D eigenvalue weighted by Crippen LogP contribution is 2.07. The molecule has 0 saturated heterocycles. The lowest BCUT2D eigenvalue weighted by Gasteiger charge is -2.12. The first-order valence-corrected chi connectivity index (χ1v) is 5.37. The molecule has 0 unspecified atom stereocenters. The Balaban J connectivity index is 2.31. The summed E-state index contributed by atoms with van der Waals surface area (Å²) in [5.74, 6) is -0.135. The molecular weight excluding hydrogens is 214 g/mol. The second-order valence-corrected chi connectivity index (χ2v) is 4.12. The summed E-state index contributed by atoms with van der Waals surface area (Å²) in [5.41, 5.74) is 0.484. The van der Waals surface area contributed by atoms with Crippen molar-refractivity contribution in [1.29, 1.82) is 0 Å². The van der Waals surface area contributed by atoms with Crippen molar-refractivity contribution in [3.05, 3.63) is 16.6 Å². The third-order valence-electron chi connectivity index (χ3n) is 1.88. The van der Waals surface area contributed by atoms with Crippen molar-refractivity contribution in [2.45, 2.75) is 6.92 Å². The molecule has 0 atom stereocenters. The maximum atomic E-state index is 11.5. The van der Waals surface area contributed by atoms with E-state index in [1.807, 2.05) is 6.92 Å². The van der Waals surface area contributed by atoms with E-state index in [0.717, 1.165) is 4.88 Å². The van der Waals surface area contributed by atoms with Gasteiger partial charge in [-0.3, -0.25) is 4.79 Å². The van der Waals surface area contributed by atoms with Crippen molar-refractivity contribution in [1.82, 2.24) is 14.8 Å². The normalized spacial score (nSPS) is 10.7. The molecule has 0 radical (unpaired) electrons. The van der Waals surface area contributed by atoms with Gasteiger partial charge in [0.15, 0.2) is 0 Å². The molecule has 1 amide bonds. The lowest BCUT2D eigenvalue weighted by molar-refractivity contribution is -0.107. The van der Waals surface area contributed by atoms with E-state index >= 15 is 0 Å². The largest absolute Gasteiger partial charge is 0.349 e. The minimum atomic E-state index is -0.135. The van der Waals surface area contributed by atoms with Crippen LogP contribution in [0.5, 0.6) is 0 Å². The van der Waals surface area contributed by atoms with Gasteiger partial charge in [-0.2, -0.15) is 9.44 Å². The van der Waals surface area contributed by atoms with Crippen molar-refractivity contribution < 1.29 is 9.63 Å². The van der Waals surface area contributed by atoms with E-state index in [1.54, 1.807) is 25.3 Å². The Morgan fingerprint density at radius 1 is 1.73 bits per heavy atom. The minimum Gasteiger partial charge on any atom is -0.349 e. The standard InChI is InChI=1S/C9H15N3O2S/c1-7-6-8(11-15-7)9(13)10-4-5-12(2)14-3/h6H,4-5H2,1-3H3,(H,10,13). The zero-order chi connectivity index (χ0) is 11.3. The summed E-state index contributed by atoms with van der Waals surface area (Å²) < 4.78 is 4.02. The van der Waals surface area contributed by atoms with Crippen LogP contribution in [0.1, 0.15) is 15.4 Å². The molecule has 1 aromatic rings. The van der Waals surface area contributed by atoms with Crippen molar-refractivity contribution >= 4 is 17.4 Å². The lowest BCUT2D eigenvalue weighted by atomic mass is 10.3. The van der Waals surface area contributed by atoms with E-state index in [0.29, 0.717) is 18.8 Å². The third kappa shape index (κ3) is 3.94. The number of aromatic nitrogens is 1. The summed E-state index contributed by atoms with van der Waals surface area (Å²) in [7, 11) is 3.39. The SMILES string of the molecule is CON(C)CCNC(=O)c1cc(C)sn1. The molecule has 6 heteroatoms. The molecule has 0 bridgehead atoms. The summed E-state index contributed by atoms with van der Waals surface area (Å²) in [4.78, 5) is 17.4. The molecule has 15 heavy (non-hydrogen) atoms. The summed E-state index contributed by atoms with van der Waals surface area (Å²) in [5, 5.41) is 4.41. The van der Waals surface area contributed by atoms with Crippen molar-refractivity contribution in [2.75, 3.05) is 27.2 Å². The van der Waals surface area contributed by atoms with Crippen LogP contribution in [0.3, 0.4) is 0 Å². The molecule has 0 aliphatic heterocycles. The van der Waals surface area contributed by atoms with Gasteiger partial charge in [-0.25, -0.2) is 0 Å². The van der Waals surface area contributed by atoms with E-state index in [1.165, 1.54) is 11.5 Å². The lowest BCUT2D eigenvalue weighted by Crippen LogP contribution is -2.32. The average Bonchev–Trinajstić information content (AvgIpc) is 2.64. The predicted molar refractivity (Wildman–Crippen MR) is 58.8 cm³/mol. The van der Waals surface area contributed by atoms with E-state index in [2.05, 4.69) is 9.69 Å². The Hall–Kier alpha value is -0.980. The van der Waals surface area contributed by atoms with E-state index < -0.39 is 0 Å². The molecular formula is C9H15N3O2S. The Bertz CT molecular complexity index is 327. The third-order valence-corrected chi connectivity index (χ3v) is 2.58. The topological polar surface area (TPSA) is 54.5 Å². The zero-order valence-corrected chi connectivity index (χ0v) is 9.93.